The monoisotopic (exact) mass is 354 g/mol. The second-order valence-corrected chi connectivity index (χ2v) is 8.60. The van der Waals surface area contributed by atoms with Crippen molar-refractivity contribution in [3.8, 4) is 0 Å². The summed E-state index contributed by atoms with van der Waals surface area (Å²) in [6.45, 7) is 9.31. The molecule has 3 rings (SSSR count). The van der Waals surface area contributed by atoms with E-state index in [4.69, 9.17) is 14.2 Å². The van der Waals surface area contributed by atoms with E-state index in [0.717, 1.165) is 64.7 Å². The maximum atomic E-state index is 12.1. The molecule has 25 heavy (non-hydrogen) atoms. The van der Waals surface area contributed by atoms with Gasteiger partial charge >= 0.3 is 6.09 Å². The van der Waals surface area contributed by atoms with Crippen LogP contribution in [0.25, 0.3) is 0 Å². The number of nitrogens with one attached hydrogen (secondary N) is 1. The minimum atomic E-state index is -0.431. The Kier molecular flexibility index (Phi) is 6.23. The minimum absolute atomic E-state index is 0.204. The van der Waals surface area contributed by atoms with Crippen LogP contribution in [0, 0.1) is 0 Å². The lowest BCUT2D eigenvalue weighted by molar-refractivity contribution is -0.153. The van der Waals surface area contributed by atoms with Gasteiger partial charge in [0, 0.05) is 13.1 Å². The van der Waals surface area contributed by atoms with Gasteiger partial charge in [-0.25, -0.2) is 4.79 Å². The summed E-state index contributed by atoms with van der Waals surface area (Å²) in [6, 6.07) is 0. The van der Waals surface area contributed by atoms with Crippen molar-refractivity contribution in [2.45, 2.75) is 89.3 Å². The number of hydrogen-bond acceptors (Lipinski definition) is 5. The molecule has 0 unspecified atom stereocenters. The first-order valence-electron chi connectivity index (χ1n) is 9.88. The van der Waals surface area contributed by atoms with Crippen LogP contribution in [0.2, 0.25) is 0 Å². The van der Waals surface area contributed by atoms with E-state index in [0.29, 0.717) is 18.3 Å². The quantitative estimate of drug-likeness (QED) is 0.841. The molecule has 0 aromatic rings. The van der Waals surface area contributed by atoms with Gasteiger partial charge in [-0.3, -0.25) is 0 Å². The fourth-order valence-corrected chi connectivity index (χ4v) is 3.72. The van der Waals surface area contributed by atoms with Crippen LogP contribution in [-0.4, -0.2) is 67.2 Å². The maximum absolute atomic E-state index is 12.1. The van der Waals surface area contributed by atoms with Gasteiger partial charge in [0.1, 0.15) is 5.60 Å². The predicted molar refractivity (Wildman–Crippen MR) is 95.7 cm³/mol. The molecule has 1 aliphatic carbocycles. The number of carbonyl (C=O) groups excluding carboxylic acids is 1. The van der Waals surface area contributed by atoms with Crippen LogP contribution in [0.4, 0.5) is 4.79 Å². The van der Waals surface area contributed by atoms with Crippen LogP contribution in [0.1, 0.15) is 59.3 Å². The average Bonchev–Trinajstić information content (AvgIpc) is 2.53. The van der Waals surface area contributed by atoms with Crippen LogP contribution in [0.5, 0.6) is 0 Å². The van der Waals surface area contributed by atoms with Gasteiger partial charge in [-0.1, -0.05) is 0 Å². The average molecular weight is 354 g/mol. The fourth-order valence-electron chi connectivity index (χ4n) is 3.72. The third kappa shape index (κ3) is 5.83. The molecular formula is C19H34N2O4. The van der Waals surface area contributed by atoms with Crippen molar-refractivity contribution in [2.75, 3.05) is 26.2 Å². The topological polar surface area (TPSA) is 60.0 Å². The van der Waals surface area contributed by atoms with Gasteiger partial charge in [-0.2, -0.15) is 0 Å². The molecule has 6 nitrogen and oxygen atoms in total. The lowest BCUT2D eigenvalue weighted by atomic mass is 9.90. The van der Waals surface area contributed by atoms with Crippen LogP contribution < -0.4 is 5.32 Å². The first kappa shape index (κ1) is 18.9. The highest BCUT2D eigenvalue weighted by Crippen LogP contribution is 2.31. The zero-order chi connectivity index (χ0) is 17.9. The number of nitrogens with zero attached hydrogens (tertiary/aromatic N) is 1. The molecule has 3 aliphatic rings. The molecule has 144 valence electrons. The summed E-state index contributed by atoms with van der Waals surface area (Å²) in [6.07, 6.45) is 7.32. The third-order valence-electron chi connectivity index (χ3n) is 5.20. The molecule has 0 aromatic heterocycles. The molecule has 0 atom stereocenters. The molecule has 2 aliphatic heterocycles. The summed E-state index contributed by atoms with van der Waals surface area (Å²) < 4.78 is 17.8. The Morgan fingerprint density at radius 3 is 1.92 bits per heavy atom. The summed E-state index contributed by atoms with van der Waals surface area (Å²) in [5.74, 6) is 0. The van der Waals surface area contributed by atoms with Crippen molar-refractivity contribution in [3.05, 3.63) is 0 Å². The van der Waals surface area contributed by atoms with E-state index in [1.165, 1.54) is 0 Å². The van der Waals surface area contributed by atoms with Gasteiger partial charge in [0.25, 0.3) is 0 Å². The van der Waals surface area contributed by atoms with Crippen molar-refractivity contribution in [1.29, 1.82) is 0 Å². The normalized spacial score (nSPS) is 29.3. The van der Waals surface area contributed by atoms with Gasteiger partial charge < -0.3 is 24.4 Å². The molecule has 2 heterocycles. The zero-order valence-corrected chi connectivity index (χ0v) is 16.0. The summed E-state index contributed by atoms with van der Waals surface area (Å²) in [5, 5.41) is 3.37. The van der Waals surface area contributed by atoms with Crippen LogP contribution in [-0.2, 0) is 14.2 Å². The predicted octanol–water partition coefficient (Wildman–Crippen LogP) is 2.70. The van der Waals surface area contributed by atoms with E-state index in [2.05, 4.69) is 5.32 Å². The second-order valence-electron chi connectivity index (χ2n) is 8.60. The Labute approximate surface area is 151 Å². The SMILES string of the molecule is CC(C)(C)OC(=O)N1CCC(O[C@H]2C[C@H](OC3CCNCC3)C2)CC1. The lowest BCUT2D eigenvalue weighted by Crippen LogP contribution is -2.47. The number of hydrogen-bond donors (Lipinski definition) is 1. The molecule has 1 saturated carbocycles. The number of rotatable bonds is 4. The first-order chi connectivity index (χ1) is 11.9. The third-order valence-corrected chi connectivity index (χ3v) is 5.20. The Balaban J connectivity index is 1.29. The number of ether oxygens (including phenoxy) is 3. The van der Waals surface area contributed by atoms with E-state index >= 15 is 0 Å². The van der Waals surface area contributed by atoms with Crippen LogP contribution in [0.15, 0.2) is 0 Å². The lowest BCUT2D eigenvalue weighted by Gasteiger charge is -2.41. The van der Waals surface area contributed by atoms with Crippen molar-refractivity contribution < 1.29 is 19.0 Å². The van der Waals surface area contributed by atoms with Gasteiger partial charge in [-0.15, -0.1) is 0 Å². The van der Waals surface area contributed by atoms with E-state index in [1.807, 2.05) is 20.8 Å². The Morgan fingerprint density at radius 1 is 0.880 bits per heavy atom. The number of likely N-dealkylation sites (tertiary alicyclic amines) is 1. The summed E-state index contributed by atoms with van der Waals surface area (Å²) in [7, 11) is 0. The molecule has 0 spiro atoms. The largest absolute Gasteiger partial charge is 0.444 e. The second kappa shape index (κ2) is 8.23. The summed E-state index contributed by atoms with van der Waals surface area (Å²) >= 11 is 0. The molecule has 0 bridgehead atoms. The Morgan fingerprint density at radius 2 is 1.40 bits per heavy atom. The fraction of sp³-hybridized carbons (Fsp3) is 0.947. The molecule has 1 N–H and O–H groups in total. The highest BCUT2D eigenvalue weighted by atomic mass is 16.6. The number of piperidine rings is 2. The highest BCUT2D eigenvalue weighted by molar-refractivity contribution is 5.68. The molecule has 1 amide bonds. The van der Waals surface area contributed by atoms with Gasteiger partial charge in [0.2, 0.25) is 0 Å². The zero-order valence-electron chi connectivity index (χ0n) is 16.0. The van der Waals surface area contributed by atoms with E-state index in [1.54, 1.807) is 4.90 Å². The van der Waals surface area contributed by atoms with Crippen molar-refractivity contribution >= 4 is 6.09 Å². The van der Waals surface area contributed by atoms with Crippen molar-refractivity contribution in [3.63, 3.8) is 0 Å². The summed E-state index contributed by atoms with van der Waals surface area (Å²) in [5.41, 5.74) is -0.431. The molecule has 6 heteroatoms. The molecule has 0 aromatic carbocycles. The molecule has 2 saturated heterocycles. The number of amides is 1. The highest BCUT2D eigenvalue weighted by Gasteiger charge is 2.36. The molecule has 3 fully saturated rings. The molecule has 0 radical (unpaired) electrons. The maximum Gasteiger partial charge on any atom is 0.410 e. The number of carbonyl (C=O) groups is 1. The van der Waals surface area contributed by atoms with Gasteiger partial charge in [-0.05, 0) is 72.4 Å². The van der Waals surface area contributed by atoms with Crippen molar-refractivity contribution in [2.24, 2.45) is 0 Å². The van der Waals surface area contributed by atoms with E-state index < -0.39 is 5.60 Å². The smallest absolute Gasteiger partial charge is 0.410 e. The Bertz CT molecular complexity index is 431. The van der Waals surface area contributed by atoms with E-state index in [-0.39, 0.29) is 12.2 Å². The standard InChI is InChI=1S/C19H34N2O4/c1-19(2,3)25-18(22)21-10-6-15(7-11-21)24-17-12-16(13-17)23-14-4-8-20-9-5-14/h14-17,20H,4-13H2,1-3H3/t16-,17-. The van der Waals surface area contributed by atoms with E-state index in [9.17, 15) is 4.79 Å². The van der Waals surface area contributed by atoms with Gasteiger partial charge in [0.05, 0.1) is 24.4 Å². The van der Waals surface area contributed by atoms with Crippen LogP contribution >= 0.6 is 0 Å². The van der Waals surface area contributed by atoms with Gasteiger partial charge in [0.15, 0.2) is 0 Å². The minimum Gasteiger partial charge on any atom is -0.444 e. The van der Waals surface area contributed by atoms with Crippen molar-refractivity contribution in [1.82, 2.24) is 10.2 Å². The first-order valence-corrected chi connectivity index (χ1v) is 9.88. The Hall–Kier alpha value is -0.850. The summed E-state index contributed by atoms with van der Waals surface area (Å²) in [4.78, 5) is 13.9. The molecular weight excluding hydrogens is 320 g/mol. The van der Waals surface area contributed by atoms with Crippen LogP contribution in [0.3, 0.4) is 0 Å².